The fourth-order valence-corrected chi connectivity index (χ4v) is 1.80. The number of nitrogens with one attached hydrogen (secondary N) is 1. The monoisotopic (exact) mass is 263 g/mol. The highest BCUT2D eigenvalue weighted by atomic mass is 16.6. The van der Waals surface area contributed by atoms with Gasteiger partial charge in [0.1, 0.15) is 19.5 Å². The Morgan fingerprint density at radius 1 is 1.32 bits per heavy atom. The van der Waals surface area contributed by atoms with E-state index in [9.17, 15) is 9.90 Å². The molecule has 5 heteroatoms. The van der Waals surface area contributed by atoms with E-state index < -0.39 is 0 Å². The maximum absolute atomic E-state index is 11.9. The van der Waals surface area contributed by atoms with E-state index in [1.54, 1.807) is 0 Å². The predicted octanol–water partition coefficient (Wildman–Crippen LogP) is 0.594. The lowest BCUT2D eigenvalue weighted by Crippen LogP contribution is -2.40. The summed E-state index contributed by atoms with van der Waals surface area (Å²) in [4.78, 5) is 11.9. The zero-order valence-corrected chi connectivity index (χ0v) is 10.5. The number of carbonyl (C=O) groups is 1. The number of aliphatic hydroxyl groups is 1. The second-order valence-corrected chi connectivity index (χ2v) is 4.24. The largest absolute Gasteiger partial charge is 0.494 e. The first-order valence-electron chi connectivity index (χ1n) is 6.20. The van der Waals surface area contributed by atoms with E-state index in [-0.39, 0.29) is 24.3 Å². The Hall–Kier alpha value is -2.01. The summed E-state index contributed by atoms with van der Waals surface area (Å²) in [5, 5.41) is 12.1. The molecule has 0 fully saturated rings. The van der Waals surface area contributed by atoms with Crippen molar-refractivity contribution in [1.29, 1.82) is 0 Å². The van der Waals surface area contributed by atoms with Crippen LogP contribution < -0.4 is 5.32 Å². The minimum Gasteiger partial charge on any atom is -0.494 e. The molecule has 0 aromatic heterocycles. The summed E-state index contributed by atoms with van der Waals surface area (Å²) in [5.74, 6) is -0.215. The van der Waals surface area contributed by atoms with Gasteiger partial charge in [0.2, 0.25) is 5.76 Å². The van der Waals surface area contributed by atoms with Gasteiger partial charge in [-0.05, 0) is 12.0 Å². The number of hydrogen-bond donors (Lipinski definition) is 2. The number of rotatable bonds is 5. The van der Waals surface area contributed by atoms with Gasteiger partial charge in [-0.1, -0.05) is 30.3 Å². The van der Waals surface area contributed by atoms with Crippen molar-refractivity contribution < 1.29 is 19.4 Å². The molecule has 0 bridgehead atoms. The molecule has 0 saturated heterocycles. The first kappa shape index (κ1) is 13.4. The molecular weight excluding hydrogens is 246 g/mol. The summed E-state index contributed by atoms with van der Waals surface area (Å²) in [7, 11) is 0. The highest BCUT2D eigenvalue weighted by Gasteiger charge is 2.18. The number of amides is 1. The molecule has 1 atom stereocenters. The Balaban J connectivity index is 1.91. The zero-order valence-electron chi connectivity index (χ0n) is 10.5. The Labute approximate surface area is 111 Å². The number of aliphatic hydroxyl groups excluding tert-OH is 1. The van der Waals surface area contributed by atoms with Gasteiger partial charge in [0.25, 0.3) is 5.91 Å². The van der Waals surface area contributed by atoms with Crippen molar-refractivity contribution in [1.82, 2.24) is 5.32 Å². The van der Waals surface area contributed by atoms with E-state index in [0.717, 1.165) is 5.56 Å². The molecule has 2 rings (SSSR count). The fourth-order valence-electron chi connectivity index (χ4n) is 1.80. The first-order valence-corrected chi connectivity index (χ1v) is 6.20. The molecule has 19 heavy (non-hydrogen) atoms. The molecule has 1 aliphatic rings. The summed E-state index contributed by atoms with van der Waals surface area (Å²) in [5.41, 5.74) is 1.05. The summed E-state index contributed by atoms with van der Waals surface area (Å²) < 4.78 is 10.2. The Morgan fingerprint density at radius 2 is 2.11 bits per heavy atom. The van der Waals surface area contributed by atoms with E-state index in [4.69, 9.17) is 9.47 Å². The lowest BCUT2D eigenvalue weighted by molar-refractivity contribution is -0.123. The quantitative estimate of drug-likeness (QED) is 0.816. The van der Waals surface area contributed by atoms with Crippen molar-refractivity contribution in [3.05, 3.63) is 47.9 Å². The van der Waals surface area contributed by atoms with Gasteiger partial charge in [0.05, 0.1) is 12.6 Å². The predicted molar refractivity (Wildman–Crippen MR) is 69.1 cm³/mol. The number of hydrogen-bond acceptors (Lipinski definition) is 4. The molecule has 0 saturated carbocycles. The minimum absolute atomic E-state index is 0.130. The van der Waals surface area contributed by atoms with Gasteiger partial charge in [-0.3, -0.25) is 4.79 Å². The zero-order chi connectivity index (χ0) is 13.5. The van der Waals surface area contributed by atoms with Crippen LogP contribution in [0.5, 0.6) is 0 Å². The smallest absolute Gasteiger partial charge is 0.289 e. The van der Waals surface area contributed by atoms with Crippen LogP contribution in [0.1, 0.15) is 5.56 Å². The topological polar surface area (TPSA) is 67.8 Å². The number of benzene rings is 1. The van der Waals surface area contributed by atoms with Crippen LogP contribution in [-0.4, -0.2) is 36.9 Å². The third-order valence-electron chi connectivity index (χ3n) is 2.75. The van der Waals surface area contributed by atoms with E-state index >= 15 is 0 Å². The van der Waals surface area contributed by atoms with Gasteiger partial charge in [0, 0.05) is 0 Å². The van der Waals surface area contributed by atoms with Gasteiger partial charge >= 0.3 is 0 Å². The molecule has 1 aliphatic heterocycles. The third kappa shape index (κ3) is 3.99. The van der Waals surface area contributed by atoms with Gasteiger partial charge < -0.3 is 19.9 Å². The molecule has 1 aromatic carbocycles. The average Bonchev–Trinajstić information content (AvgIpc) is 2.48. The molecule has 0 aliphatic carbocycles. The minimum atomic E-state index is -0.366. The summed E-state index contributed by atoms with van der Waals surface area (Å²) >= 11 is 0. The highest BCUT2D eigenvalue weighted by molar-refractivity contribution is 5.91. The maximum atomic E-state index is 11.9. The van der Waals surface area contributed by atoms with Crippen LogP contribution in [0, 0.1) is 0 Å². The molecule has 0 unspecified atom stereocenters. The van der Waals surface area contributed by atoms with Crippen LogP contribution in [0.3, 0.4) is 0 Å². The lowest BCUT2D eigenvalue weighted by Gasteiger charge is -2.19. The first-order chi connectivity index (χ1) is 9.29. The van der Waals surface area contributed by atoms with E-state index in [1.165, 1.54) is 6.26 Å². The lowest BCUT2D eigenvalue weighted by atomic mass is 10.1. The third-order valence-corrected chi connectivity index (χ3v) is 2.75. The molecule has 1 aromatic rings. The second-order valence-electron chi connectivity index (χ2n) is 4.24. The van der Waals surface area contributed by atoms with Crippen molar-refractivity contribution in [2.45, 2.75) is 12.5 Å². The van der Waals surface area contributed by atoms with E-state index in [0.29, 0.717) is 19.6 Å². The highest BCUT2D eigenvalue weighted by Crippen LogP contribution is 2.07. The van der Waals surface area contributed by atoms with Crippen molar-refractivity contribution in [3.63, 3.8) is 0 Å². The standard InChI is InChI=1S/C14H17NO4/c16-9-12(8-11-4-2-1-3-5-11)15-14(17)13-10-18-6-7-19-13/h1-5,10,12,16H,6-9H2,(H,15,17)/t12-/m1/s1. The molecule has 1 heterocycles. The molecule has 0 radical (unpaired) electrons. The fraction of sp³-hybridized carbons (Fsp3) is 0.357. The van der Waals surface area contributed by atoms with Crippen LogP contribution in [0.25, 0.3) is 0 Å². The molecular formula is C14H17NO4. The summed E-state index contributed by atoms with van der Waals surface area (Å²) in [6.07, 6.45) is 1.87. The molecule has 2 N–H and O–H groups in total. The average molecular weight is 263 g/mol. The number of carbonyl (C=O) groups excluding carboxylic acids is 1. The SMILES string of the molecule is O=C(N[C@@H](CO)Cc1ccccc1)C1=COCCO1. The van der Waals surface area contributed by atoms with Crippen molar-refractivity contribution in [2.75, 3.05) is 19.8 Å². The maximum Gasteiger partial charge on any atom is 0.289 e. The molecule has 102 valence electrons. The molecule has 1 amide bonds. The Kier molecular flexibility index (Phi) is 4.80. The van der Waals surface area contributed by atoms with Crippen molar-refractivity contribution in [2.24, 2.45) is 0 Å². The van der Waals surface area contributed by atoms with Gasteiger partial charge in [-0.2, -0.15) is 0 Å². The molecule has 5 nitrogen and oxygen atoms in total. The van der Waals surface area contributed by atoms with Crippen LogP contribution in [0.4, 0.5) is 0 Å². The Bertz CT molecular complexity index is 444. The molecule has 0 spiro atoms. The van der Waals surface area contributed by atoms with Gasteiger partial charge in [0.15, 0.2) is 0 Å². The van der Waals surface area contributed by atoms with Gasteiger partial charge in [-0.15, -0.1) is 0 Å². The van der Waals surface area contributed by atoms with Gasteiger partial charge in [-0.25, -0.2) is 0 Å². The van der Waals surface area contributed by atoms with Crippen molar-refractivity contribution in [3.8, 4) is 0 Å². The second kappa shape index (κ2) is 6.80. The normalized spacial score (nSPS) is 15.7. The summed E-state index contributed by atoms with van der Waals surface area (Å²) in [6.45, 7) is 0.681. The van der Waals surface area contributed by atoms with Crippen molar-refractivity contribution >= 4 is 5.91 Å². The Morgan fingerprint density at radius 3 is 2.74 bits per heavy atom. The van der Waals surface area contributed by atoms with Crippen LogP contribution in [0.15, 0.2) is 42.4 Å². The van der Waals surface area contributed by atoms with Crippen LogP contribution >= 0.6 is 0 Å². The number of ether oxygens (including phenoxy) is 2. The van der Waals surface area contributed by atoms with Crippen LogP contribution in [0.2, 0.25) is 0 Å². The van der Waals surface area contributed by atoms with E-state index in [2.05, 4.69) is 5.32 Å². The summed E-state index contributed by atoms with van der Waals surface area (Å²) in [6, 6.07) is 9.33. The van der Waals surface area contributed by atoms with E-state index in [1.807, 2.05) is 30.3 Å². The van der Waals surface area contributed by atoms with Crippen LogP contribution in [-0.2, 0) is 20.7 Å².